The van der Waals surface area contributed by atoms with Gasteiger partial charge in [0.25, 0.3) is 0 Å². The van der Waals surface area contributed by atoms with Crippen molar-refractivity contribution in [1.82, 2.24) is 0 Å². The van der Waals surface area contributed by atoms with Crippen molar-refractivity contribution in [2.24, 2.45) is 11.5 Å². The van der Waals surface area contributed by atoms with Crippen molar-refractivity contribution in [2.45, 2.75) is 30.6 Å². The third-order valence-electron chi connectivity index (χ3n) is 2.01. The highest BCUT2D eigenvalue weighted by Gasteiger charge is 2.40. The van der Waals surface area contributed by atoms with Gasteiger partial charge in [0.15, 0.2) is 6.29 Å². The lowest BCUT2D eigenvalue weighted by atomic mass is 9.97. The van der Waals surface area contributed by atoms with Crippen LogP contribution in [0.2, 0.25) is 0 Å². The molecule has 6 nitrogen and oxygen atoms in total. The Labute approximate surface area is 69.7 Å². The van der Waals surface area contributed by atoms with Gasteiger partial charge in [0.05, 0.1) is 12.1 Å². The maximum atomic E-state index is 9.32. The molecule has 0 bridgehead atoms. The Morgan fingerprint density at radius 1 is 1.17 bits per heavy atom. The van der Waals surface area contributed by atoms with Crippen LogP contribution in [0.3, 0.4) is 0 Å². The zero-order chi connectivity index (χ0) is 9.30. The maximum absolute atomic E-state index is 9.32. The minimum absolute atomic E-state index is 0.0542. The van der Waals surface area contributed by atoms with Crippen LogP contribution < -0.4 is 11.5 Å². The summed E-state index contributed by atoms with van der Waals surface area (Å²) < 4.78 is 4.78. The van der Waals surface area contributed by atoms with Crippen molar-refractivity contribution in [3.05, 3.63) is 0 Å². The Bertz CT molecular complexity index is 152. The summed E-state index contributed by atoms with van der Waals surface area (Å²) in [6, 6.07) is -0.915. The van der Waals surface area contributed by atoms with Gasteiger partial charge in [0.2, 0.25) is 0 Å². The number of hydrogen-bond acceptors (Lipinski definition) is 6. The van der Waals surface area contributed by atoms with Crippen LogP contribution in [0.5, 0.6) is 0 Å². The molecule has 5 atom stereocenters. The van der Waals surface area contributed by atoms with Gasteiger partial charge >= 0.3 is 0 Å². The molecular weight excluding hydrogens is 164 g/mol. The average molecular weight is 178 g/mol. The van der Waals surface area contributed by atoms with Gasteiger partial charge in [-0.1, -0.05) is 0 Å². The Morgan fingerprint density at radius 3 is 2.25 bits per heavy atom. The molecule has 0 aromatic carbocycles. The van der Waals surface area contributed by atoms with E-state index < -0.39 is 30.6 Å². The van der Waals surface area contributed by atoms with E-state index in [4.69, 9.17) is 26.4 Å². The predicted molar refractivity (Wildman–Crippen MR) is 39.9 cm³/mol. The van der Waals surface area contributed by atoms with Crippen molar-refractivity contribution in [3.63, 3.8) is 0 Å². The summed E-state index contributed by atoms with van der Waals surface area (Å²) in [7, 11) is 0. The molecule has 12 heavy (non-hydrogen) atoms. The molecule has 0 radical (unpaired) electrons. The van der Waals surface area contributed by atoms with E-state index in [2.05, 4.69) is 0 Å². The normalized spacial score (nSPS) is 49.2. The monoisotopic (exact) mass is 178 g/mol. The molecule has 1 fully saturated rings. The summed E-state index contributed by atoms with van der Waals surface area (Å²) in [5.74, 6) is 0. The molecule has 0 saturated carbocycles. The fraction of sp³-hybridized carbons (Fsp3) is 1.00. The van der Waals surface area contributed by atoms with E-state index in [-0.39, 0.29) is 6.54 Å². The van der Waals surface area contributed by atoms with Crippen LogP contribution in [0.25, 0.3) is 0 Å². The molecule has 0 amide bonds. The van der Waals surface area contributed by atoms with Crippen molar-refractivity contribution in [3.8, 4) is 0 Å². The third kappa shape index (κ3) is 1.58. The first-order valence-corrected chi connectivity index (χ1v) is 3.73. The summed E-state index contributed by atoms with van der Waals surface area (Å²) in [5, 5.41) is 27.5. The highest BCUT2D eigenvalue weighted by Crippen LogP contribution is 2.17. The molecule has 7 N–H and O–H groups in total. The highest BCUT2D eigenvalue weighted by molar-refractivity contribution is 4.91. The Morgan fingerprint density at radius 2 is 1.75 bits per heavy atom. The highest BCUT2D eigenvalue weighted by atomic mass is 16.6. The smallest absolute Gasteiger partial charge is 0.182 e. The van der Waals surface area contributed by atoms with Crippen LogP contribution in [0.15, 0.2) is 0 Å². The molecule has 72 valence electrons. The fourth-order valence-corrected chi connectivity index (χ4v) is 1.18. The lowest BCUT2D eigenvalue weighted by molar-refractivity contribution is -0.249. The number of nitrogens with two attached hydrogens (primary N) is 2. The van der Waals surface area contributed by atoms with E-state index in [0.29, 0.717) is 0 Å². The van der Waals surface area contributed by atoms with Crippen LogP contribution in [-0.4, -0.2) is 52.5 Å². The van der Waals surface area contributed by atoms with Gasteiger partial charge in [-0.2, -0.15) is 0 Å². The van der Waals surface area contributed by atoms with Crippen LogP contribution >= 0.6 is 0 Å². The minimum Gasteiger partial charge on any atom is -0.389 e. The predicted octanol–water partition coefficient (Wildman–Crippen LogP) is -3.29. The van der Waals surface area contributed by atoms with E-state index in [1.807, 2.05) is 0 Å². The van der Waals surface area contributed by atoms with Gasteiger partial charge in [-0.3, -0.25) is 0 Å². The lowest BCUT2D eigenvalue weighted by Crippen LogP contribution is -2.62. The van der Waals surface area contributed by atoms with Crippen molar-refractivity contribution in [2.75, 3.05) is 6.54 Å². The zero-order valence-electron chi connectivity index (χ0n) is 6.50. The second kappa shape index (κ2) is 3.65. The molecule has 6 heteroatoms. The lowest BCUT2D eigenvalue weighted by Gasteiger charge is -2.38. The van der Waals surface area contributed by atoms with Gasteiger partial charge < -0.3 is 31.5 Å². The summed E-state index contributed by atoms with van der Waals surface area (Å²) in [6.07, 6.45) is -4.37. The molecule has 0 aromatic heterocycles. The minimum atomic E-state index is -1.36. The Hall–Kier alpha value is -0.240. The fourth-order valence-electron chi connectivity index (χ4n) is 1.18. The van der Waals surface area contributed by atoms with Crippen LogP contribution in [0.1, 0.15) is 0 Å². The van der Waals surface area contributed by atoms with Crippen molar-refractivity contribution >= 4 is 0 Å². The molecule has 1 aliphatic rings. The van der Waals surface area contributed by atoms with Gasteiger partial charge in [-0.05, 0) is 0 Å². The molecule has 1 saturated heterocycles. The maximum Gasteiger partial charge on any atom is 0.182 e. The number of hydrogen-bond donors (Lipinski definition) is 5. The molecule has 1 heterocycles. The Kier molecular flexibility index (Phi) is 2.99. The number of ether oxygens (including phenoxy) is 1. The second-order valence-corrected chi connectivity index (χ2v) is 2.86. The number of aliphatic hydroxyl groups excluding tert-OH is 3. The van der Waals surface area contributed by atoms with Crippen LogP contribution in [0, 0.1) is 0 Å². The first-order chi connectivity index (χ1) is 5.57. The first-order valence-electron chi connectivity index (χ1n) is 3.73. The van der Waals surface area contributed by atoms with Crippen LogP contribution in [0.4, 0.5) is 0 Å². The van der Waals surface area contributed by atoms with Gasteiger partial charge in [0, 0.05) is 6.54 Å². The molecule has 1 aliphatic heterocycles. The summed E-state index contributed by atoms with van der Waals surface area (Å²) in [4.78, 5) is 0. The van der Waals surface area contributed by atoms with Gasteiger partial charge in [-0.25, -0.2) is 0 Å². The van der Waals surface area contributed by atoms with E-state index in [9.17, 15) is 5.11 Å². The SMILES string of the molecule is NCC1OC(O)C(O)[C@H](N)C1O. The topological polar surface area (TPSA) is 122 Å². The zero-order valence-corrected chi connectivity index (χ0v) is 6.50. The molecule has 4 unspecified atom stereocenters. The number of rotatable bonds is 1. The third-order valence-corrected chi connectivity index (χ3v) is 2.01. The average Bonchev–Trinajstić information content (AvgIpc) is 2.08. The van der Waals surface area contributed by atoms with E-state index in [1.54, 1.807) is 0 Å². The molecular formula is C6H14N2O4. The number of aliphatic hydroxyl groups is 3. The summed E-state index contributed by atoms with van der Waals surface area (Å²) in [6.45, 7) is 0.0542. The van der Waals surface area contributed by atoms with E-state index in [1.165, 1.54) is 0 Å². The quantitative estimate of drug-likeness (QED) is 0.287. The standard InChI is InChI=1S/C6H14N2O4/c7-1-2-4(9)3(8)5(10)6(11)12-2/h2-6,9-11H,1,7-8H2/t2?,3-,4?,5?,6?/m1/s1. The molecule has 1 rings (SSSR count). The van der Waals surface area contributed by atoms with Crippen molar-refractivity contribution in [1.29, 1.82) is 0 Å². The largest absolute Gasteiger partial charge is 0.389 e. The van der Waals surface area contributed by atoms with Gasteiger partial charge in [-0.15, -0.1) is 0 Å². The van der Waals surface area contributed by atoms with Crippen LogP contribution in [-0.2, 0) is 4.74 Å². The second-order valence-electron chi connectivity index (χ2n) is 2.86. The molecule has 0 aliphatic carbocycles. The van der Waals surface area contributed by atoms with Gasteiger partial charge in [0.1, 0.15) is 12.2 Å². The molecule has 0 aromatic rings. The summed E-state index contributed by atoms with van der Waals surface area (Å²) >= 11 is 0. The van der Waals surface area contributed by atoms with E-state index >= 15 is 0 Å². The Balaban J connectivity index is 2.63. The van der Waals surface area contributed by atoms with Crippen molar-refractivity contribution < 1.29 is 20.1 Å². The molecule has 0 spiro atoms. The first kappa shape index (κ1) is 9.85. The summed E-state index contributed by atoms with van der Waals surface area (Å²) in [5.41, 5.74) is 10.6. The van der Waals surface area contributed by atoms with E-state index in [0.717, 1.165) is 0 Å².